The van der Waals surface area contributed by atoms with E-state index in [1.54, 1.807) is 31.4 Å². The van der Waals surface area contributed by atoms with Gasteiger partial charge < -0.3 is 24.3 Å². The first-order valence-corrected chi connectivity index (χ1v) is 16.2. The number of hydrogen-bond acceptors (Lipinski definition) is 9. The van der Waals surface area contributed by atoms with Gasteiger partial charge in [0.25, 0.3) is 0 Å². The number of hydrogen-bond donors (Lipinski definition) is 2. The monoisotopic (exact) mass is 630 g/mol. The number of carbonyl (C=O) groups excluding carboxylic acids is 4. The van der Waals surface area contributed by atoms with E-state index in [4.69, 9.17) is 18.9 Å². The first-order valence-electron chi connectivity index (χ1n) is 15.2. The zero-order valence-electron chi connectivity index (χ0n) is 26.8. The van der Waals surface area contributed by atoms with Crippen molar-refractivity contribution in [2.24, 2.45) is 11.3 Å². The maximum Gasteiger partial charge on any atom is 0.414 e. The molecule has 2 heterocycles. The van der Waals surface area contributed by atoms with Crippen molar-refractivity contribution >= 4 is 41.1 Å². The fourth-order valence-electron chi connectivity index (χ4n) is 6.00. The Morgan fingerprint density at radius 1 is 1.09 bits per heavy atom. The smallest absolute Gasteiger partial charge is 0.414 e. The summed E-state index contributed by atoms with van der Waals surface area (Å²) in [6.07, 6.45) is 2.83. The van der Waals surface area contributed by atoms with Crippen LogP contribution in [0.15, 0.2) is 40.8 Å². The van der Waals surface area contributed by atoms with E-state index in [-0.39, 0.29) is 47.9 Å². The average Bonchev–Trinajstić information content (AvgIpc) is 3.87. The van der Waals surface area contributed by atoms with E-state index < -0.39 is 35.2 Å². The largest absolute Gasteiger partial charge is 0.443 e. The number of thioether (sulfide) groups is 1. The number of nitrogens with one attached hydrogen (secondary N) is 2. The van der Waals surface area contributed by atoms with Gasteiger partial charge in [-0.3, -0.25) is 19.7 Å². The normalized spacial score (nSPS) is 29.0. The molecule has 242 valence electrons. The molecule has 10 nitrogen and oxygen atoms in total. The minimum atomic E-state index is -0.806. The lowest BCUT2D eigenvalue weighted by Crippen LogP contribution is -2.56. The van der Waals surface area contributed by atoms with E-state index in [9.17, 15) is 19.2 Å². The van der Waals surface area contributed by atoms with Gasteiger partial charge in [-0.25, -0.2) is 4.79 Å². The summed E-state index contributed by atoms with van der Waals surface area (Å²) in [7, 11) is 1.61. The molecule has 3 amide bonds. The van der Waals surface area contributed by atoms with Gasteiger partial charge in [-0.2, -0.15) is 0 Å². The van der Waals surface area contributed by atoms with Gasteiger partial charge in [-0.15, -0.1) is 11.8 Å². The van der Waals surface area contributed by atoms with Crippen molar-refractivity contribution in [3.05, 3.63) is 35.9 Å². The number of imide groups is 1. The van der Waals surface area contributed by atoms with Gasteiger partial charge in [0.05, 0.1) is 24.4 Å². The molecule has 1 saturated carbocycles. The molecule has 4 rings (SSSR count). The number of allylic oxidation sites excluding steroid dienone is 1. The highest BCUT2D eigenvalue weighted by atomic mass is 32.2. The van der Waals surface area contributed by atoms with Gasteiger partial charge in [0.1, 0.15) is 29.2 Å². The molecule has 11 heteroatoms. The van der Waals surface area contributed by atoms with Crippen molar-refractivity contribution in [3.8, 4) is 0 Å². The number of alkyl carbamates (subject to hydrolysis) is 1. The molecule has 2 aliphatic heterocycles. The van der Waals surface area contributed by atoms with Crippen LogP contribution >= 0.6 is 11.8 Å². The highest BCUT2D eigenvalue weighted by Crippen LogP contribution is 2.59. The topological polar surface area (TPSA) is 136 Å². The SMILES string of the molecule is CO[C@H]1[C@H](C2(C)O[C@@H]2CC=C(C)C)[C@]2(CC[C@H]1OC(=O)NC(=O)CSc1ccc(NC(=O)CCC(=O)C(C)(C)C)cc1)CO2. The second-order valence-corrected chi connectivity index (χ2v) is 14.5. The second-order valence-electron chi connectivity index (χ2n) is 13.4. The van der Waals surface area contributed by atoms with E-state index >= 15 is 0 Å². The van der Waals surface area contributed by atoms with Crippen LogP contribution in [-0.4, -0.2) is 72.7 Å². The van der Waals surface area contributed by atoms with E-state index in [0.29, 0.717) is 18.7 Å². The molecule has 2 N–H and O–H groups in total. The number of ketones is 1. The number of anilines is 1. The van der Waals surface area contributed by atoms with E-state index in [0.717, 1.165) is 17.7 Å². The Morgan fingerprint density at radius 2 is 1.77 bits per heavy atom. The molecule has 3 fully saturated rings. The molecule has 3 aliphatic rings. The third-order valence-electron chi connectivity index (χ3n) is 8.66. The Bertz CT molecular complexity index is 1270. The molecule has 1 aromatic rings. The molecule has 6 atom stereocenters. The number of ether oxygens (including phenoxy) is 4. The van der Waals surface area contributed by atoms with Gasteiger partial charge in [-0.1, -0.05) is 32.4 Å². The van der Waals surface area contributed by atoms with Crippen LogP contribution < -0.4 is 10.6 Å². The highest BCUT2D eigenvalue weighted by Gasteiger charge is 2.72. The summed E-state index contributed by atoms with van der Waals surface area (Å²) in [5.74, 6) is -0.778. The van der Waals surface area contributed by atoms with E-state index in [1.165, 1.54) is 17.3 Å². The summed E-state index contributed by atoms with van der Waals surface area (Å²) >= 11 is 1.25. The summed E-state index contributed by atoms with van der Waals surface area (Å²) in [5.41, 5.74) is 0.581. The molecular formula is C33H46N2O8S. The molecule has 1 spiro atoms. The first-order chi connectivity index (χ1) is 20.7. The molecule has 0 radical (unpaired) electrons. The number of carbonyl (C=O) groups is 4. The van der Waals surface area contributed by atoms with Gasteiger partial charge in [0.2, 0.25) is 11.8 Å². The Morgan fingerprint density at radius 3 is 2.36 bits per heavy atom. The number of epoxide rings is 2. The zero-order chi connectivity index (χ0) is 32.3. The van der Waals surface area contributed by atoms with Crippen molar-refractivity contribution in [2.45, 2.75) is 108 Å². The standard InChI is InChI=1S/C33H46N2O8S/c1-20(2)8-14-25-32(6,43-25)29-28(40-7)23(16-17-33(29)19-41-33)42-30(39)35-27(38)18-44-22-11-9-21(10-12-22)34-26(37)15-13-24(36)31(3,4)5/h8-12,23,25,28-29H,13-19H2,1-7H3,(H,34,37)(H,35,38,39)/t23-,25-,28-,29-,32?,33+/m1/s1. The van der Waals surface area contributed by atoms with E-state index in [1.807, 2.05) is 20.8 Å². The third kappa shape index (κ3) is 8.50. The predicted molar refractivity (Wildman–Crippen MR) is 167 cm³/mol. The Balaban J connectivity index is 1.23. The first kappa shape index (κ1) is 34.1. The zero-order valence-corrected chi connectivity index (χ0v) is 27.6. The number of rotatable bonds is 12. The summed E-state index contributed by atoms with van der Waals surface area (Å²) in [5, 5.41) is 5.11. The van der Waals surface area contributed by atoms with Crippen LogP contribution in [0.4, 0.5) is 10.5 Å². The fourth-order valence-corrected chi connectivity index (χ4v) is 6.69. The van der Waals surface area contributed by atoms with Gasteiger partial charge in [0, 0.05) is 35.9 Å². The number of benzene rings is 1. The summed E-state index contributed by atoms with van der Waals surface area (Å²) in [6, 6.07) is 7.01. The quantitative estimate of drug-likeness (QED) is 0.176. The van der Waals surface area contributed by atoms with Crippen LogP contribution in [-0.2, 0) is 33.3 Å². The molecule has 2 saturated heterocycles. The van der Waals surface area contributed by atoms with Crippen LogP contribution in [0, 0.1) is 11.3 Å². The van der Waals surface area contributed by atoms with Crippen molar-refractivity contribution in [1.29, 1.82) is 0 Å². The Hall–Kier alpha value is -2.73. The van der Waals surface area contributed by atoms with Gasteiger partial charge in [-0.05, 0) is 64.3 Å². The molecule has 0 bridgehead atoms. The van der Waals surface area contributed by atoms with Crippen molar-refractivity contribution in [1.82, 2.24) is 5.32 Å². The summed E-state index contributed by atoms with van der Waals surface area (Å²) in [6.45, 7) is 12.3. The van der Waals surface area contributed by atoms with Gasteiger partial charge >= 0.3 is 6.09 Å². The number of amides is 3. The van der Waals surface area contributed by atoms with Gasteiger partial charge in [0.15, 0.2) is 0 Å². The number of methoxy groups -OCH3 is 1. The maximum atomic E-state index is 12.7. The predicted octanol–water partition coefficient (Wildman–Crippen LogP) is 5.44. The lowest BCUT2D eigenvalue weighted by molar-refractivity contribution is -0.128. The average molecular weight is 631 g/mol. The molecule has 44 heavy (non-hydrogen) atoms. The highest BCUT2D eigenvalue weighted by molar-refractivity contribution is 8.00. The molecule has 1 unspecified atom stereocenters. The van der Waals surface area contributed by atoms with E-state index in [2.05, 4.69) is 37.5 Å². The van der Waals surface area contributed by atoms with Crippen molar-refractivity contribution < 1.29 is 38.1 Å². The summed E-state index contributed by atoms with van der Waals surface area (Å²) in [4.78, 5) is 50.3. The van der Waals surface area contributed by atoms with Crippen molar-refractivity contribution in [2.75, 3.05) is 24.8 Å². The maximum absolute atomic E-state index is 12.7. The minimum Gasteiger partial charge on any atom is -0.443 e. The Labute approximate surface area is 264 Å². The van der Waals surface area contributed by atoms with Crippen LogP contribution in [0.3, 0.4) is 0 Å². The molecule has 1 aromatic carbocycles. The number of Topliss-reactive ketones (excluding diaryl/α,β-unsaturated/α-hetero) is 1. The molecule has 0 aromatic heterocycles. The Kier molecular flexibility index (Phi) is 10.7. The molecular weight excluding hydrogens is 584 g/mol. The summed E-state index contributed by atoms with van der Waals surface area (Å²) < 4.78 is 23.8. The van der Waals surface area contributed by atoms with Crippen molar-refractivity contribution in [3.63, 3.8) is 0 Å². The molecule has 1 aliphatic carbocycles. The van der Waals surface area contributed by atoms with Crippen LogP contribution in [0.1, 0.15) is 73.6 Å². The fraction of sp³-hybridized carbons (Fsp3) is 0.636. The van der Waals surface area contributed by atoms with Crippen LogP contribution in [0.25, 0.3) is 0 Å². The minimum absolute atomic E-state index is 0.00558. The lowest BCUT2D eigenvalue weighted by atomic mass is 9.68. The third-order valence-corrected chi connectivity index (χ3v) is 9.67. The van der Waals surface area contributed by atoms with Crippen LogP contribution in [0.5, 0.6) is 0 Å². The van der Waals surface area contributed by atoms with Crippen LogP contribution in [0.2, 0.25) is 0 Å². The second kappa shape index (κ2) is 13.7. The lowest BCUT2D eigenvalue weighted by Gasteiger charge is -2.42.